The van der Waals surface area contributed by atoms with E-state index in [9.17, 15) is 9.59 Å². The first-order valence-corrected chi connectivity index (χ1v) is 12.9. The summed E-state index contributed by atoms with van der Waals surface area (Å²) >= 11 is 0. The molecule has 0 unspecified atom stereocenters. The largest absolute Gasteiger partial charge is 0.462 e. The zero-order valence-electron chi connectivity index (χ0n) is 23.6. The Morgan fingerprint density at radius 3 is 1.55 bits per heavy atom. The number of ether oxygens (including phenoxy) is 1. The second-order valence-corrected chi connectivity index (χ2v) is 15.1. The third-order valence-corrected chi connectivity index (χ3v) is 7.37. The van der Waals surface area contributed by atoms with Crippen molar-refractivity contribution in [3.05, 3.63) is 0 Å². The van der Waals surface area contributed by atoms with Crippen molar-refractivity contribution in [2.75, 3.05) is 0 Å². The first kappa shape index (κ1) is 28.3. The lowest BCUT2D eigenvalue weighted by atomic mass is 9.68. The molecule has 2 aliphatic rings. The Hall–Kier alpha value is -0.940. The molecule has 2 N–H and O–H groups in total. The number of piperidine rings is 2. The molecule has 0 bridgehead atoms. The van der Waals surface area contributed by atoms with Gasteiger partial charge in [-0.1, -0.05) is 13.8 Å². The van der Waals surface area contributed by atoms with Gasteiger partial charge in [0, 0.05) is 46.8 Å². The minimum Gasteiger partial charge on any atom is -0.462 e. The third-order valence-electron chi connectivity index (χ3n) is 7.37. The number of nitrogens with one attached hydrogen (secondary N) is 2. The predicted octanol–water partition coefficient (Wildman–Crippen LogP) is 5.80. The molecule has 2 saturated heterocycles. The van der Waals surface area contributed by atoms with Gasteiger partial charge in [0.2, 0.25) is 0 Å². The molecular weight excluding hydrogens is 412 g/mol. The molecule has 33 heavy (non-hydrogen) atoms. The molecule has 0 saturated carbocycles. The lowest BCUT2D eigenvalue weighted by Crippen LogP contribution is -2.60. The van der Waals surface area contributed by atoms with Gasteiger partial charge >= 0.3 is 5.97 Å². The molecular formula is C28H52N2O3. The van der Waals surface area contributed by atoms with Gasteiger partial charge in [-0.05, 0) is 94.4 Å². The van der Waals surface area contributed by atoms with Gasteiger partial charge < -0.3 is 15.4 Å². The summed E-state index contributed by atoms with van der Waals surface area (Å²) in [5, 5.41) is 7.34. The van der Waals surface area contributed by atoms with Crippen molar-refractivity contribution >= 4 is 11.8 Å². The fraction of sp³-hybridized carbons (Fsp3) is 0.929. The molecule has 0 aromatic heterocycles. The molecule has 0 amide bonds. The molecule has 2 aliphatic heterocycles. The van der Waals surface area contributed by atoms with Crippen molar-refractivity contribution in [2.45, 2.75) is 150 Å². The second-order valence-electron chi connectivity index (χ2n) is 15.1. The molecule has 5 heteroatoms. The van der Waals surface area contributed by atoms with Crippen molar-refractivity contribution in [3.63, 3.8) is 0 Å². The molecule has 2 heterocycles. The number of esters is 1. The monoisotopic (exact) mass is 464 g/mol. The number of carbonyl (C=O) groups excluding carboxylic acids is 2. The van der Waals surface area contributed by atoms with E-state index in [1.807, 2.05) is 27.7 Å². The maximum atomic E-state index is 13.4. The highest BCUT2D eigenvalue weighted by molar-refractivity contribution is 5.85. The minimum atomic E-state index is -0.717. The van der Waals surface area contributed by atoms with Gasteiger partial charge in [-0.3, -0.25) is 9.59 Å². The Balaban J connectivity index is 2.03. The quantitative estimate of drug-likeness (QED) is 0.466. The van der Waals surface area contributed by atoms with Gasteiger partial charge in [0.1, 0.15) is 11.9 Å². The summed E-state index contributed by atoms with van der Waals surface area (Å²) < 4.78 is 6.06. The Morgan fingerprint density at radius 1 is 0.727 bits per heavy atom. The Morgan fingerprint density at radius 2 is 1.12 bits per heavy atom. The van der Waals surface area contributed by atoms with E-state index in [-0.39, 0.29) is 40.0 Å². The number of hydrogen-bond acceptors (Lipinski definition) is 5. The fourth-order valence-electron chi connectivity index (χ4n) is 7.11. The topological polar surface area (TPSA) is 67.4 Å². The van der Waals surface area contributed by atoms with Crippen LogP contribution >= 0.6 is 0 Å². The highest BCUT2D eigenvalue weighted by atomic mass is 16.5. The fourth-order valence-corrected chi connectivity index (χ4v) is 7.11. The van der Waals surface area contributed by atoms with Crippen LogP contribution in [0.1, 0.15) is 122 Å². The van der Waals surface area contributed by atoms with Crippen LogP contribution in [0.3, 0.4) is 0 Å². The van der Waals surface area contributed by atoms with Gasteiger partial charge in [0.05, 0.1) is 5.41 Å². The van der Waals surface area contributed by atoms with Gasteiger partial charge in [0.15, 0.2) is 0 Å². The molecule has 0 spiro atoms. The van der Waals surface area contributed by atoms with Crippen LogP contribution in [-0.2, 0) is 14.3 Å². The summed E-state index contributed by atoms with van der Waals surface area (Å²) in [6.07, 6.45) is 4.52. The van der Waals surface area contributed by atoms with E-state index in [2.05, 4.69) is 66.0 Å². The van der Waals surface area contributed by atoms with E-state index in [1.165, 1.54) is 0 Å². The Bertz CT molecular complexity index is 652. The van der Waals surface area contributed by atoms with Gasteiger partial charge in [0.25, 0.3) is 0 Å². The van der Waals surface area contributed by atoms with Crippen LogP contribution in [0.2, 0.25) is 0 Å². The highest BCUT2D eigenvalue weighted by Gasteiger charge is 2.45. The summed E-state index contributed by atoms with van der Waals surface area (Å²) in [4.78, 5) is 26.7. The maximum Gasteiger partial charge on any atom is 0.311 e. The molecule has 2 fully saturated rings. The van der Waals surface area contributed by atoms with Crippen molar-refractivity contribution in [1.82, 2.24) is 10.6 Å². The van der Waals surface area contributed by atoms with E-state index < -0.39 is 10.8 Å². The van der Waals surface area contributed by atoms with Crippen LogP contribution in [0.25, 0.3) is 0 Å². The molecule has 0 radical (unpaired) electrons. The summed E-state index contributed by atoms with van der Waals surface area (Å²) in [5.74, 6) is 0.425. The smallest absolute Gasteiger partial charge is 0.311 e. The predicted molar refractivity (Wildman–Crippen MR) is 136 cm³/mol. The van der Waals surface area contributed by atoms with Crippen LogP contribution < -0.4 is 10.6 Å². The van der Waals surface area contributed by atoms with Crippen molar-refractivity contribution in [2.24, 2.45) is 16.7 Å². The van der Waals surface area contributed by atoms with Crippen LogP contribution in [0.15, 0.2) is 0 Å². The van der Waals surface area contributed by atoms with Crippen molar-refractivity contribution < 1.29 is 14.3 Å². The molecule has 0 aromatic rings. The normalized spacial score (nSPS) is 25.5. The zero-order chi connectivity index (χ0) is 25.7. The number of Topliss-reactive ketones (excluding diaryl/α,β-unsaturated/α-hetero) is 1. The van der Waals surface area contributed by atoms with Crippen molar-refractivity contribution in [3.8, 4) is 0 Å². The number of ketones is 1. The highest BCUT2D eigenvalue weighted by Crippen LogP contribution is 2.41. The van der Waals surface area contributed by atoms with E-state index in [4.69, 9.17) is 4.74 Å². The summed E-state index contributed by atoms with van der Waals surface area (Å²) in [5.41, 5.74) is -1.41. The lowest BCUT2D eigenvalue weighted by Gasteiger charge is -2.47. The first-order chi connectivity index (χ1) is 14.5. The SMILES string of the molecule is CC1(C)CC(CC(=O)C(C)(C)CC(C)(C)C(=O)OC2CC(C)(C)NC(C)(C)C2)CC(C)(C)N1. The number of hydrogen-bond donors (Lipinski definition) is 2. The van der Waals surface area contributed by atoms with Gasteiger partial charge in [-0.2, -0.15) is 0 Å². The molecule has 0 aromatic carbocycles. The lowest BCUT2D eigenvalue weighted by molar-refractivity contribution is -0.165. The molecule has 2 rings (SSSR count). The molecule has 0 atom stereocenters. The number of rotatable bonds is 7. The van der Waals surface area contributed by atoms with Gasteiger partial charge in [-0.25, -0.2) is 0 Å². The van der Waals surface area contributed by atoms with E-state index in [0.717, 1.165) is 25.7 Å². The van der Waals surface area contributed by atoms with Crippen LogP contribution in [0.4, 0.5) is 0 Å². The third kappa shape index (κ3) is 8.06. The standard InChI is InChI=1S/C28H52N2O3/c1-23(2,21(31)13-19-14-25(5,6)29-26(7,8)15-19)18-24(3,4)22(32)33-20-16-27(9,10)30-28(11,12)17-20/h19-20,29-30H,13-18H2,1-12H3. The van der Waals surface area contributed by atoms with Crippen molar-refractivity contribution in [1.29, 1.82) is 0 Å². The Kier molecular flexibility index (Phi) is 7.66. The van der Waals surface area contributed by atoms with Crippen LogP contribution in [0.5, 0.6) is 0 Å². The van der Waals surface area contributed by atoms with E-state index in [1.54, 1.807) is 0 Å². The molecule has 5 nitrogen and oxygen atoms in total. The molecule has 0 aliphatic carbocycles. The van der Waals surface area contributed by atoms with Crippen LogP contribution in [-0.4, -0.2) is 40.0 Å². The Labute approximate surface area is 203 Å². The average Bonchev–Trinajstić information content (AvgIpc) is 2.46. The van der Waals surface area contributed by atoms with Gasteiger partial charge in [-0.15, -0.1) is 0 Å². The summed E-state index contributed by atoms with van der Waals surface area (Å²) in [7, 11) is 0. The van der Waals surface area contributed by atoms with E-state index >= 15 is 0 Å². The first-order valence-electron chi connectivity index (χ1n) is 12.9. The number of carbonyl (C=O) groups is 2. The van der Waals surface area contributed by atoms with Crippen LogP contribution in [0, 0.1) is 16.7 Å². The minimum absolute atomic E-state index is 0.0241. The second kappa shape index (κ2) is 8.93. The zero-order valence-corrected chi connectivity index (χ0v) is 23.6. The molecule has 192 valence electrons. The summed E-state index contributed by atoms with van der Waals surface area (Å²) in [6.45, 7) is 25.4. The van der Waals surface area contributed by atoms with E-state index in [0.29, 0.717) is 18.8 Å². The maximum absolute atomic E-state index is 13.4. The average molecular weight is 465 g/mol. The summed E-state index contributed by atoms with van der Waals surface area (Å²) in [6, 6.07) is 0.